The number of rotatable bonds is 6. The normalized spacial score (nSPS) is 10.2. The van der Waals surface area contributed by atoms with Gasteiger partial charge in [0.15, 0.2) is 0 Å². The van der Waals surface area contributed by atoms with E-state index in [1.807, 2.05) is 43.3 Å². The topological polar surface area (TPSA) is 51.2 Å². The molecule has 0 aliphatic carbocycles. The molecule has 2 rings (SSSR count). The van der Waals surface area contributed by atoms with Gasteiger partial charge in [0.2, 0.25) is 5.91 Å². The molecule has 21 heavy (non-hydrogen) atoms. The van der Waals surface area contributed by atoms with Gasteiger partial charge < -0.3 is 10.1 Å². The fraction of sp³-hybridized carbons (Fsp3) is 0.294. The smallest absolute Gasteiger partial charge is 0.223 e. The van der Waals surface area contributed by atoms with Crippen molar-refractivity contribution in [3.05, 3.63) is 59.4 Å². The quantitative estimate of drug-likeness (QED) is 0.887. The first-order chi connectivity index (χ1) is 10.1. The first-order valence-electron chi connectivity index (χ1n) is 7.02. The number of aryl methyl sites for hydroxylation is 2. The van der Waals surface area contributed by atoms with E-state index >= 15 is 0 Å². The lowest BCUT2D eigenvalue weighted by molar-refractivity contribution is -0.121. The number of ether oxygens (including phenoxy) is 1. The van der Waals surface area contributed by atoms with Crippen LogP contribution in [0.5, 0.6) is 5.75 Å². The average Bonchev–Trinajstić information content (AvgIpc) is 2.50. The Morgan fingerprint density at radius 3 is 2.76 bits per heavy atom. The van der Waals surface area contributed by atoms with Crippen molar-refractivity contribution in [3.63, 3.8) is 0 Å². The second-order valence-electron chi connectivity index (χ2n) is 4.94. The highest BCUT2D eigenvalue weighted by atomic mass is 16.5. The minimum atomic E-state index is -0.0375. The van der Waals surface area contributed by atoms with Crippen LogP contribution in [0.1, 0.15) is 23.2 Å². The molecule has 0 unspecified atom stereocenters. The zero-order chi connectivity index (χ0) is 15.1. The van der Waals surface area contributed by atoms with Crippen LogP contribution in [0.3, 0.4) is 0 Å². The van der Waals surface area contributed by atoms with Gasteiger partial charge in [-0.1, -0.05) is 12.1 Å². The van der Waals surface area contributed by atoms with Gasteiger partial charge in [-0.15, -0.1) is 0 Å². The van der Waals surface area contributed by atoms with Crippen LogP contribution in [-0.4, -0.2) is 17.5 Å². The van der Waals surface area contributed by atoms with Crippen molar-refractivity contribution < 1.29 is 9.53 Å². The molecular formula is C17H20N2O2. The number of hydrogen-bond donors (Lipinski definition) is 1. The van der Waals surface area contributed by atoms with Gasteiger partial charge in [-0.3, -0.25) is 9.78 Å². The Kier molecular flexibility index (Phi) is 5.32. The summed E-state index contributed by atoms with van der Waals surface area (Å²) in [5.41, 5.74) is 3.27. The molecule has 1 amide bonds. The van der Waals surface area contributed by atoms with E-state index in [1.165, 1.54) is 11.1 Å². The first-order valence-corrected chi connectivity index (χ1v) is 7.02. The summed E-state index contributed by atoms with van der Waals surface area (Å²) in [6, 6.07) is 11.6. The third kappa shape index (κ3) is 4.91. The largest absolute Gasteiger partial charge is 0.493 e. The second-order valence-corrected chi connectivity index (χ2v) is 4.94. The lowest BCUT2D eigenvalue weighted by Crippen LogP contribution is -2.24. The van der Waals surface area contributed by atoms with Gasteiger partial charge in [0.25, 0.3) is 0 Å². The molecule has 0 aliphatic rings. The first kappa shape index (κ1) is 15.0. The monoisotopic (exact) mass is 284 g/mol. The van der Waals surface area contributed by atoms with Crippen molar-refractivity contribution in [1.29, 1.82) is 0 Å². The summed E-state index contributed by atoms with van der Waals surface area (Å²) in [5, 5.41) is 2.82. The van der Waals surface area contributed by atoms with Gasteiger partial charge in [-0.2, -0.15) is 0 Å². The van der Waals surface area contributed by atoms with E-state index in [1.54, 1.807) is 6.20 Å². The number of carbonyl (C=O) groups is 1. The van der Waals surface area contributed by atoms with Gasteiger partial charge >= 0.3 is 0 Å². The summed E-state index contributed by atoms with van der Waals surface area (Å²) in [5.74, 6) is 0.764. The predicted molar refractivity (Wildman–Crippen MR) is 82.1 cm³/mol. The minimum absolute atomic E-state index is 0.0375. The Hall–Kier alpha value is -2.36. The Bertz CT molecular complexity index is 597. The summed E-state index contributed by atoms with van der Waals surface area (Å²) in [4.78, 5) is 15.9. The lowest BCUT2D eigenvalue weighted by Gasteiger charge is -2.08. The second kappa shape index (κ2) is 7.43. The van der Waals surface area contributed by atoms with E-state index in [-0.39, 0.29) is 5.91 Å². The highest BCUT2D eigenvalue weighted by Crippen LogP contribution is 2.16. The Labute approximate surface area is 125 Å². The lowest BCUT2D eigenvalue weighted by atomic mass is 10.1. The van der Waals surface area contributed by atoms with Crippen LogP contribution in [0.25, 0.3) is 0 Å². The van der Waals surface area contributed by atoms with E-state index in [0.29, 0.717) is 19.6 Å². The highest BCUT2D eigenvalue weighted by molar-refractivity contribution is 5.75. The summed E-state index contributed by atoms with van der Waals surface area (Å²) < 4.78 is 5.59. The van der Waals surface area contributed by atoms with E-state index in [4.69, 9.17) is 4.74 Å². The fourth-order valence-corrected chi connectivity index (χ4v) is 1.85. The van der Waals surface area contributed by atoms with Crippen LogP contribution < -0.4 is 10.1 Å². The predicted octanol–water partition coefficient (Wildman–Crippen LogP) is 2.78. The molecule has 0 saturated carbocycles. The molecule has 1 heterocycles. The maximum absolute atomic E-state index is 11.7. The summed E-state index contributed by atoms with van der Waals surface area (Å²) >= 11 is 0. The highest BCUT2D eigenvalue weighted by Gasteiger charge is 2.03. The van der Waals surface area contributed by atoms with Crippen molar-refractivity contribution in [2.75, 3.05) is 6.61 Å². The number of aromatic nitrogens is 1. The zero-order valence-corrected chi connectivity index (χ0v) is 12.4. The molecule has 0 radical (unpaired) electrons. The van der Waals surface area contributed by atoms with E-state index in [9.17, 15) is 4.79 Å². The molecule has 0 fully saturated rings. The molecule has 0 aliphatic heterocycles. The number of hydrogen-bond acceptors (Lipinski definition) is 3. The van der Waals surface area contributed by atoms with Crippen molar-refractivity contribution in [3.8, 4) is 5.75 Å². The molecule has 4 nitrogen and oxygen atoms in total. The van der Waals surface area contributed by atoms with Gasteiger partial charge in [-0.25, -0.2) is 0 Å². The van der Waals surface area contributed by atoms with Crippen molar-refractivity contribution in [2.24, 2.45) is 0 Å². The average molecular weight is 284 g/mol. The number of nitrogens with zero attached hydrogens (tertiary/aromatic N) is 1. The molecular weight excluding hydrogens is 264 g/mol. The molecule has 0 saturated heterocycles. The van der Waals surface area contributed by atoms with E-state index < -0.39 is 0 Å². The van der Waals surface area contributed by atoms with Crippen molar-refractivity contribution in [2.45, 2.75) is 26.8 Å². The summed E-state index contributed by atoms with van der Waals surface area (Å²) in [6.45, 7) is 4.92. The van der Waals surface area contributed by atoms with Gasteiger partial charge in [-0.05, 0) is 49.2 Å². The van der Waals surface area contributed by atoms with Crippen LogP contribution in [0.4, 0.5) is 0 Å². The maximum atomic E-state index is 11.7. The van der Waals surface area contributed by atoms with Crippen LogP contribution in [0.15, 0.2) is 42.6 Å². The molecule has 0 bridgehead atoms. The fourth-order valence-electron chi connectivity index (χ4n) is 1.85. The molecule has 1 aromatic heterocycles. The molecule has 0 atom stereocenters. The Morgan fingerprint density at radius 2 is 2.05 bits per heavy atom. The van der Waals surface area contributed by atoms with Crippen molar-refractivity contribution in [1.82, 2.24) is 10.3 Å². The minimum Gasteiger partial charge on any atom is -0.493 e. The van der Waals surface area contributed by atoms with E-state index in [0.717, 1.165) is 11.4 Å². The van der Waals surface area contributed by atoms with Crippen LogP contribution in [0.2, 0.25) is 0 Å². The van der Waals surface area contributed by atoms with Crippen LogP contribution in [0, 0.1) is 13.8 Å². The number of benzene rings is 1. The van der Waals surface area contributed by atoms with Crippen LogP contribution in [-0.2, 0) is 11.3 Å². The number of carbonyl (C=O) groups excluding carboxylic acids is 1. The molecule has 4 heteroatoms. The van der Waals surface area contributed by atoms with Gasteiger partial charge in [0, 0.05) is 6.20 Å². The molecule has 1 N–H and O–H groups in total. The standard InChI is InChI=1S/C17H20N2O2/c1-13-6-7-16(11-14(13)2)21-10-8-17(20)19-12-15-5-3-4-9-18-15/h3-7,9,11H,8,10,12H2,1-2H3,(H,19,20). The molecule has 0 spiro atoms. The van der Waals surface area contributed by atoms with Gasteiger partial charge in [0.1, 0.15) is 5.75 Å². The number of pyridine rings is 1. The molecule has 1 aromatic carbocycles. The summed E-state index contributed by atoms with van der Waals surface area (Å²) in [6.07, 6.45) is 2.05. The number of amides is 1. The zero-order valence-electron chi connectivity index (χ0n) is 12.4. The summed E-state index contributed by atoms with van der Waals surface area (Å²) in [7, 11) is 0. The molecule has 110 valence electrons. The third-order valence-corrected chi connectivity index (χ3v) is 3.27. The van der Waals surface area contributed by atoms with Crippen LogP contribution >= 0.6 is 0 Å². The number of nitrogens with one attached hydrogen (secondary N) is 1. The maximum Gasteiger partial charge on any atom is 0.223 e. The van der Waals surface area contributed by atoms with Gasteiger partial charge in [0.05, 0.1) is 25.3 Å². The Morgan fingerprint density at radius 1 is 1.19 bits per heavy atom. The van der Waals surface area contributed by atoms with E-state index in [2.05, 4.69) is 17.2 Å². The Balaban J connectivity index is 1.70. The van der Waals surface area contributed by atoms with Crippen molar-refractivity contribution >= 4 is 5.91 Å². The SMILES string of the molecule is Cc1ccc(OCCC(=O)NCc2ccccn2)cc1C. The molecule has 2 aromatic rings. The third-order valence-electron chi connectivity index (χ3n) is 3.27.